The second kappa shape index (κ2) is 7.53. The maximum absolute atomic E-state index is 12.6. The lowest BCUT2D eigenvalue weighted by atomic mass is 10.00. The molecular formula is C17H20N2O3S2. The molecule has 1 aromatic heterocycles. The van der Waals surface area contributed by atoms with Crippen LogP contribution in [0.2, 0.25) is 0 Å². The summed E-state index contributed by atoms with van der Waals surface area (Å²) < 4.78 is 0. The fourth-order valence-electron chi connectivity index (χ4n) is 3.12. The lowest BCUT2D eigenvalue weighted by Crippen LogP contribution is -2.48. The molecule has 2 fully saturated rings. The topological polar surface area (TPSA) is 57.7 Å². The molecule has 1 atom stereocenters. The predicted molar refractivity (Wildman–Crippen MR) is 96.6 cm³/mol. The maximum Gasteiger partial charge on any atom is 0.294 e. The van der Waals surface area contributed by atoms with Crippen LogP contribution in [0, 0.1) is 0 Å². The van der Waals surface area contributed by atoms with Crippen molar-refractivity contribution in [3.63, 3.8) is 0 Å². The highest BCUT2D eigenvalue weighted by Gasteiger charge is 2.38. The molecule has 0 spiro atoms. The van der Waals surface area contributed by atoms with Gasteiger partial charge in [0.2, 0.25) is 5.91 Å². The smallest absolute Gasteiger partial charge is 0.294 e. The Hall–Kier alpha value is -1.60. The third-order valence-electron chi connectivity index (χ3n) is 4.40. The monoisotopic (exact) mass is 364 g/mol. The lowest BCUT2D eigenvalue weighted by Gasteiger charge is -2.35. The van der Waals surface area contributed by atoms with E-state index in [1.165, 1.54) is 11.3 Å². The van der Waals surface area contributed by atoms with Gasteiger partial charge in [0.05, 0.1) is 4.91 Å². The van der Waals surface area contributed by atoms with Gasteiger partial charge in [-0.05, 0) is 55.0 Å². The number of likely N-dealkylation sites (tertiary alicyclic amines) is 1. The maximum atomic E-state index is 12.6. The number of hydrogen-bond acceptors (Lipinski definition) is 5. The number of amides is 3. The Morgan fingerprint density at radius 1 is 1.38 bits per heavy atom. The van der Waals surface area contributed by atoms with Crippen molar-refractivity contribution in [3.05, 3.63) is 27.3 Å². The van der Waals surface area contributed by atoms with Crippen LogP contribution in [-0.2, 0) is 9.59 Å². The molecule has 128 valence electrons. The van der Waals surface area contributed by atoms with Gasteiger partial charge in [0, 0.05) is 17.5 Å². The van der Waals surface area contributed by atoms with Crippen LogP contribution in [0.15, 0.2) is 22.4 Å². The van der Waals surface area contributed by atoms with Crippen LogP contribution >= 0.6 is 23.1 Å². The third kappa shape index (κ3) is 3.57. The number of rotatable bonds is 4. The molecule has 0 saturated carbocycles. The highest BCUT2D eigenvalue weighted by Crippen LogP contribution is 2.33. The first-order chi connectivity index (χ1) is 11.6. The van der Waals surface area contributed by atoms with Gasteiger partial charge >= 0.3 is 0 Å². The first kappa shape index (κ1) is 17.2. The molecule has 3 heterocycles. The van der Waals surface area contributed by atoms with Gasteiger partial charge in [0.25, 0.3) is 11.1 Å². The number of nitrogens with zero attached hydrogens (tertiary/aromatic N) is 2. The quantitative estimate of drug-likeness (QED) is 0.766. The van der Waals surface area contributed by atoms with Crippen LogP contribution in [0.5, 0.6) is 0 Å². The van der Waals surface area contributed by atoms with Crippen molar-refractivity contribution in [2.24, 2.45) is 0 Å². The summed E-state index contributed by atoms with van der Waals surface area (Å²) in [6.45, 7) is 2.64. The van der Waals surface area contributed by atoms with Crippen LogP contribution in [0.3, 0.4) is 0 Å². The summed E-state index contributed by atoms with van der Waals surface area (Å²) in [4.78, 5) is 41.4. The molecular weight excluding hydrogens is 344 g/mol. The number of hydrogen-bond donors (Lipinski definition) is 0. The minimum Gasteiger partial charge on any atom is -0.338 e. The molecule has 0 radical (unpaired) electrons. The number of piperidine rings is 1. The normalized spacial score (nSPS) is 23.4. The first-order valence-corrected chi connectivity index (χ1v) is 9.88. The van der Waals surface area contributed by atoms with E-state index in [4.69, 9.17) is 0 Å². The SMILES string of the molecule is CCC1CCCCN1C(=O)CN1C(=O)S/C(=C\c2cccs2)C1=O. The molecule has 0 N–H and O–H groups in total. The van der Waals surface area contributed by atoms with Gasteiger partial charge in [0.15, 0.2) is 0 Å². The summed E-state index contributed by atoms with van der Waals surface area (Å²) in [6.07, 6.45) is 5.75. The molecule has 5 nitrogen and oxygen atoms in total. The molecule has 3 amide bonds. The Labute approximate surface area is 149 Å². The van der Waals surface area contributed by atoms with Crippen molar-refractivity contribution >= 4 is 46.2 Å². The van der Waals surface area contributed by atoms with Crippen LogP contribution in [0.4, 0.5) is 4.79 Å². The third-order valence-corrected chi connectivity index (χ3v) is 6.13. The second-order valence-corrected chi connectivity index (χ2v) is 7.90. The van der Waals surface area contributed by atoms with Crippen molar-refractivity contribution in [2.45, 2.75) is 38.6 Å². The fourth-order valence-corrected chi connectivity index (χ4v) is 4.68. The molecule has 24 heavy (non-hydrogen) atoms. The molecule has 0 bridgehead atoms. The zero-order valence-electron chi connectivity index (χ0n) is 13.6. The van der Waals surface area contributed by atoms with Crippen molar-refractivity contribution in [1.82, 2.24) is 9.80 Å². The largest absolute Gasteiger partial charge is 0.338 e. The molecule has 2 saturated heterocycles. The fraction of sp³-hybridized carbons (Fsp3) is 0.471. The van der Waals surface area contributed by atoms with Crippen molar-refractivity contribution < 1.29 is 14.4 Å². The average Bonchev–Trinajstić information content (AvgIpc) is 3.19. The van der Waals surface area contributed by atoms with Gasteiger partial charge in [-0.3, -0.25) is 19.3 Å². The van der Waals surface area contributed by atoms with Crippen LogP contribution in [-0.4, -0.2) is 46.0 Å². The molecule has 0 aromatic carbocycles. The molecule has 2 aliphatic heterocycles. The van der Waals surface area contributed by atoms with Gasteiger partial charge in [0.1, 0.15) is 6.54 Å². The number of thioether (sulfide) groups is 1. The van der Waals surface area contributed by atoms with E-state index in [2.05, 4.69) is 6.92 Å². The van der Waals surface area contributed by atoms with Crippen LogP contribution in [0.25, 0.3) is 6.08 Å². The Morgan fingerprint density at radius 2 is 2.21 bits per heavy atom. The molecule has 2 aliphatic rings. The Kier molecular flexibility index (Phi) is 5.40. The van der Waals surface area contributed by atoms with Gasteiger partial charge in [-0.2, -0.15) is 0 Å². The summed E-state index contributed by atoms with van der Waals surface area (Å²) >= 11 is 2.42. The average molecular weight is 364 g/mol. The number of imide groups is 1. The highest BCUT2D eigenvalue weighted by molar-refractivity contribution is 8.18. The highest BCUT2D eigenvalue weighted by atomic mass is 32.2. The molecule has 3 rings (SSSR count). The Bertz CT molecular complexity index is 669. The number of carbonyl (C=O) groups is 3. The van der Waals surface area contributed by atoms with E-state index in [0.29, 0.717) is 4.91 Å². The molecule has 7 heteroatoms. The molecule has 1 unspecified atom stereocenters. The van der Waals surface area contributed by atoms with E-state index in [-0.39, 0.29) is 29.6 Å². The number of carbonyl (C=O) groups excluding carboxylic acids is 3. The van der Waals surface area contributed by atoms with Crippen LogP contribution < -0.4 is 0 Å². The van der Waals surface area contributed by atoms with E-state index in [0.717, 1.165) is 53.8 Å². The van der Waals surface area contributed by atoms with E-state index < -0.39 is 0 Å². The summed E-state index contributed by atoms with van der Waals surface area (Å²) in [5.41, 5.74) is 0. The second-order valence-electron chi connectivity index (χ2n) is 5.93. The minimum atomic E-state index is -0.364. The van der Waals surface area contributed by atoms with Gasteiger partial charge in [-0.25, -0.2) is 0 Å². The summed E-state index contributed by atoms with van der Waals surface area (Å²) in [5, 5.41) is 1.56. The Balaban J connectivity index is 1.69. The van der Waals surface area contributed by atoms with Crippen molar-refractivity contribution in [2.75, 3.05) is 13.1 Å². The predicted octanol–water partition coefficient (Wildman–Crippen LogP) is 3.58. The van der Waals surface area contributed by atoms with Gasteiger partial charge in [-0.15, -0.1) is 11.3 Å². The summed E-state index contributed by atoms with van der Waals surface area (Å²) in [6, 6.07) is 4.02. The summed E-state index contributed by atoms with van der Waals surface area (Å²) in [7, 11) is 0. The Morgan fingerprint density at radius 3 is 2.92 bits per heavy atom. The van der Waals surface area contributed by atoms with E-state index in [1.807, 2.05) is 22.4 Å². The van der Waals surface area contributed by atoms with E-state index in [9.17, 15) is 14.4 Å². The first-order valence-electron chi connectivity index (χ1n) is 8.18. The number of thiophene rings is 1. The summed E-state index contributed by atoms with van der Waals surface area (Å²) in [5.74, 6) is -0.488. The lowest BCUT2D eigenvalue weighted by molar-refractivity contribution is -0.138. The van der Waals surface area contributed by atoms with Gasteiger partial charge in [-0.1, -0.05) is 13.0 Å². The van der Waals surface area contributed by atoms with Gasteiger partial charge < -0.3 is 4.90 Å². The van der Waals surface area contributed by atoms with E-state index >= 15 is 0 Å². The molecule has 1 aromatic rings. The molecule has 0 aliphatic carbocycles. The van der Waals surface area contributed by atoms with Crippen LogP contribution in [0.1, 0.15) is 37.5 Å². The van der Waals surface area contributed by atoms with Crippen molar-refractivity contribution in [1.29, 1.82) is 0 Å². The zero-order valence-corrected chi connectivity index (χ0v) is 15.2. The van der Waals surface area contributed by atoms with E-state index in [1.54, 1.807) is 6.08 Å². The van der Waals surface area contributed by atoms with Crippen molar-refractivity contribution in [3.8, 4) is 0 Å². The standard InChI is InChI=1S/C17H20N2O3S2/c1-2-12-6-3-4-8-18(12)15(20)11-19-16(21)14(24-17(19)22)10-13-7-5-9-23-13/h5,7,9-10,12H,2-4,6,8,11H2,1H3/b14-10-. The zero-order chi connectivity index (χ0) is 17.1. The minimum absolute atomic E-state index is 0.124.